The lowest BCUT2D eigenvalue weighted by Gasteiger charge is -2.15. The Kier molecular flexibility index (Phi) is 5.11. The van der Waals surface area contributed by atoms with Crippen molar-refractivity contribution in [3.05, 3.63) is 39.3 Å². The van der Waals surface area contributed by atoms with Gasteiger partial charge in [-0.3, -0.25) is 0 Å². The highest BCUT2D eigenvalue weighted by molar-refractivity contribution is 7.89. The molecule has 2 aromatic heterocycles. The average Bonchev–Trinajstić information content (AvgIpc) is 3.04. The molecule has 0 fully saturated rings. The summed E-state index contributed by atoms with van der Waals surface area (Å²) in [4.78, 5) is 1.18. The van der Waals surface area contributed by atoms with Crippen LogP contribution in [-0.2, 0) is 29.7 Å². The fraction of sp³-hybridized carbons (Fsp3) is 0.385. The molecule has 8 heteroatoms. The molecule has 2 rings (SSSR count). The van der Waals surface area contributed by atoms with Gasteiger partial charge in [0.1, 0.15) is 4.90 Å². The highest BCUT2D eigenvalue weighted by atomic mass is 35.5. The molecule has 2 heterocycles. The summed E-state index contributed by atoms with van der Waals surface area (Å²) >= 11 is 7.25. The Morgan fingerprint density at radius 3 is 2.62 bits per heavy atom. The van der Waals surface area contributed by atoms with Crippen molar-refractivity contribution in [2.75, 3.05) is 7.05 Å². The molecule has 0 amide bonds. The van der Waals surface area contributed by atoms with Crippen molar-refractivity contribution in [1.29, 1.82) is 0 Å². The summed E-state index contributed by atoms with van der Waals surface area (Å²) < 4.78 is 29.0. The average molecular weight is 348 g/mol. The Bertz CT molecular complexity index is 700. The van der Waals surface area contributed by atoms with E-state index in [1.165, 1.54) is 15.6 Å². The van der Waals surface area contributed by atoms with Crippen LogP contribution in [-0.4, -0.2) is 24.3 Å². The van der Waals surface area contributed by atoms with Gasteiger partial charge in [0.2, 0.25) is 10.0 Å². The summed E-state index contributed by atoms with van der Waals surface area (Å²) in [5.41, 5.74) is 6.45. The van der Waals surface area contributed by atoms with Crippen LogP contribution in [0.4, 0.5) is 0 Å². The lowest BCUT2D eigenvalue weighted by molar-refractivity contribution is 0.469. The van der Waals surface area contributed by atoms with E-state index in [2.05, 4.69) is 0 Å². The number of halogens is 1. The van der Waals surface area contributed by atoms with Crippen LogP contribution in [0.25, 0.3) is 0 Å². The van der Waals surface area contributed by atoms with Crippen molar-refractivity contribution in [3.8, 4) is 0 Å². The first kappa shape index (κ1) is 16.5. The van der Waals surface area contributed by atoms with Crippen LogP contribution in [0.5, 0.6) is 0 Å². The number of nitrogens with two attached hydrogens (primary N) is 1. The number of aryl methyl sites for hydroxylation is 1. The third-order valence-corrected chi connectivity index (χ3v) is 6.21. The summed E-state index contributed by atoms with van der Waals surface area (Å²) in [5, 5.41) is 0. The van der Waals surface area contributed by atoms with Crippen molar-refractivity contribution in [1.82, 2.24) is 8.87 Å². The highest BCUT2D eigenvalue weighted by Gasteiger charge is 2.23. The molecule has 0 radical (unpaired) electrons. The van der Waals surface area contributed by atoms with Gasteiger partial charge in [0.15, 0.2) is 0 Å². The Balaban J connectivity index is 2.26. The molecule has 0 aliphatic carbocycles. The van der Waals surface area contributed by atoms with E-state index < -0.39 is 10.0 Å². The van der Waals surface area contributed by atoms with E-state index in [-0.39, 0.29) is 4.90 Å². The van der Waals surface area contributed by atoms with Crippen LogP contribution in [0.3, 0.4) is 0 Å². The third-order valence-electron chi connectivity index (χ3n) is 3.23. The molecule has 0 aliphatic heterocycles. The van der Waals surface area contributed by atoms with Gasteiger partial charge in [0.05, 0.1) is 4.34 Å². The van der Waals surface area contributed by atoms with Gasteiger partial charge >= 0.3 is 0 Å². The minimum absolute atomic E-state index is 0.273. The summed E-state index contributed by atoms with van der Waals surface area (Å²) in [6.45, 7) is 3.25. The van der Waals surface area contributed by atoms with E-state index in [4.69, 9.17) is 17.3 Å². The second-order valence-corrected chi connectivity index (χ2v) is 8.47. The van der Waals surface area contributed by atoms with Crippen LogP contribution in [0.1, 0.15) is 17.5 Å². The molecule has 0 spiro atoms. The standard InChI is InChI=1S/C13H18ClN3O2S2/c1-3-17-9-12(6-10(17)7-15)21(18,19)16(2)8-11-4-5-13(14)20-11/h4-6,9H,3,7-8,15H2,1-2H3. The quantitative estimate of drug-likeness (QED) is 0.872. The maximum absolute atomic E-state index is 12.6. The van der Waals surface area contributed by atoms with Crippen molar-refractivity contribution >= 4 is 33.0 Å². The van der Waals surface area contributed by atoms with Gasteiger partial charge < -0.3 is 10.3 Å². The Labute approximate surface area is 134 Å². The number of aromatic nitrogens is 1. The van der Waals surface area contributed by atoms with Crippen LogP contribution in [0, 0.1) is 0 Å². The molecule has 2 N–H and O–H groups in total. The molecule has 0 aromatic carbocycles. The first-order valence-electron chi connectivity index (χ1n) is 6.48. The van der Waals surface area contributed by atoms with Gasteiger partial charge in [0, 0.05) is 43.4 Å². The van der Waals surface area contributed by atoms with E-state index >= 15 is 0 Å². The monoisotopic (exact) mass is 347 g/mol. The molecule has 116 valence electrons. The third kappa shape index (κ3) is 3.49. The number of hydrogen-bond acceptors (Lipinski definition) is 4. The van der Waals surface area contributed by atoms with E-state index in [0.717, 1.165) is 10.6 Å². The van der Waals surface area contributed by atoms with Crippen LogP contribution < -0.4 is 5.73 Å². The minimum atomic E-state index is -3.53. The van der Waals surface area contributed by atoms with E-state index in [0.29, 0.717) is 24.0 Å². The zero-order chi connectivity index (χ0) is 15.6. The van der Waals surface area contributed by atoms with E-state index in [9.17, 15) is 8.42 Å². The fourth-order valence-electron chi connectivity index (χ4n) is 2.05. The van der Waals surface area contributed by atoms with Gasteiger partial charge in [-0.15, -0.1) is 11.3 Å². The smallest absolute Gasteiger partial charge is 0.244 e. The van der Waals surface area contributed by atoms with Gasteiger partial charge in [0.25, 0.3) is 0 Å². The molecular weight excluding hydrogens is 330 g/mol. The predicted octanol–water partition coefficient (Wildman–Crippen LogP) is 2.50. The summed E-state index contributed by atoms with van der Waals surface area (Å²) in [6, 6.07) is 5.24. The summed E-state index contributed by atoms with van der Waals surface area (Å²) in [5.74, 6) is 0. The number of thiophene rings is 1. The maximum Gasteiger partial charge on any atom is 0.244 e. The number of rotatable bonds is 6. The predicted molar refractivity (Wildman–Crippen MR) is 86.0 cm³/mol. The van der Waals surface area contributed by atoms with Gasteiger partial charge in [-0.2, -0.15) is 4.31 Å². The summed E-state index contributed by atoms with van der Waals surface area (Å²) in [6.07, 6.45) is 1.63. The topological polar surface area (TPSA) is 68.3 Å². The molecule has 0 atom stereocenters. The molecule has 2 aromatic rings. The maximum atomic E-state index is 12.6. The number of sulfonamides is 1. The molecule has 0 aliphatic rings. The highest BCUT2D eigenvalue weighted by Crippen LogP contribution is 2.25. The first-order valence-corrected chi connectivity index (χ1v) is 9.11. The van der Waals surface area contributed by atoms with Gasteiger partial charge in [-0.25, -0.2) is 8.42 Å². The largest absolute Gasteiger partial charge is 0.349 e. The second-order valence-electron chi connectivity index (χ2n) is 4.62. The van der Waals surface area contributed by atoms with Gasteiger partial charge in [-0.1, -0.05) is 11.6 Å². The molecule has 0 bridgehead atoms. The van der Waals surface area contributed by atoms with E-state index in [1.54, 1.807) is 25.4 Å². The lowest BCUT2D eigenvalue weighted by atomic mass is 10.4. The molecule has 5 nitrogen and oxygen atoms in total. The number of nitrogens with zero attached hydrogens (tertiary/aromatic N) is 2. The Morgan fingerprint density at radius 2 is 2.14 bits per heavy atom. The molecule has 0 saturated heterocycles. The second kappa shape index (κ2) is 6.50. The Hall–Kier alpha value is -0.860. The van der Waals surface area contributed by atoms with Crippen LogP contribution in [0.15, 0.2) is 29.3 Å². The Morgan fingerprint density at radius 1 is 1.43 bits per heavy atom. The zero-order valence-electron chi connectivity index (χ0n) is 11.9. The van der Waals surface area contributed by atoms with Crippen LogP contribution >= 0.6 is 22.9 Å². The molecule has 0 unspecified atom stereocenters. The van der Waals surface area contributed by atoms with Crippen molar-refractivity contribution in [2.45, 2.75) is 31.5 Å². The molecule has 21 heavy (non-hydrogen) atoms. The van der Waals surface area contributed by atoms with Crippen molar-refractivity contribution in [3.63, 3.8) is 0 Å². The minimum Gasteiger partial charge on any atom is -0.349 e. The van der Waals surface area contributed by atoms with Crippen molar-refractivity contribution < 1.29 is 8.42 Å². The normalized spacial score (nSPS) is 12.2. The number of hydrogen-bond donors (Lipinski definition) is 1. The summed E-state index contributed by atoms with van der Waals surface area (Å²) in [7, 11) is -1.97. The first-order chi connectivity index (χ1) is 9.88. The SMILES string of the molecule is CCn1cc(S(=O)(=O)N(C)Cc2ccc(Cl)s2)cc1CN. The molecule has 0 saturated carbocycles. The molecular formula is C13H18ClN3O2S2. The van der Waals surface area contributed by atoms with Crippen molar-refractivity contribution in [2.24, 2.45) is 5.73 Å². The lowest BCUT2D eigenvalue weighted by Crippen LogP contribution is -2.25. The fourth-order valence-corrected chi connectivity index (χ4v) is 4.49. The zero-order valence-corrected chi connectivity index (χ0v) is 14.3. The van der Waals surface area contributed by atoms with Gasteiger partial charge in [-0.05, 0) is 25.1 Å². The van der Waals surface area contributed by atoms with E-state index in [1.807, 2.05) is 17.6 Å². The van der Waals surface area contributed by atoms with Crippen LogP contribution in [0.2, 0.25) is 4.34 Å².